The largest absolute Gasteiger partial charge is 0.508 e. The van der Waals surface area contributed by atoms with Gasteiger partial charge < -0.3 is 15.9 Å². The van der Waals surface area contributed by atoms with Crippen LogP contribution in [0.3, 0.4) is 0 Å². The average molecular weight is 559 g/mol. The summed E-state index contributed by atoms with van der Waals surface area (Å²) in [6, 6.07) is 17.3. The molecule has 9 heteroatoms. The summed E-state index contributed by atoms with van der Waals surface area (Å²) in [5.74, 6) is 0.299. The van der Waals surface area contributed by atoms with Crippen molar-refractivity contribution in [3.05, 3.63) is 75.2 Å². The molecule has 0 amide bonds. The molecule has 0 aliphatic heterocycles. The number of aromatic hydroxyl groups is 1. The summed E-state index contributed by atoms with van der Waals surface area (Å²) in [5.41, 5.74) is 10.7. The van der Waals surface area contributed by atoms with Gasteiger partial charge in [-0.05, 0) is 79.9 Å². The summed E-state index contributed by atoms with van der Waals surface area (Å²) in [5, 5.41) is 26.9. The molecule has 1 aromatic heterocycles. The predicted molar refractivity (Wildman–Crippen MR) is 145 cm³/mol. The van der Waals surface area contributed by atoms with Gasteiger partial charge in [0.15, 0.2) is 0 Å². The fraction of sp³-hybridized carbons (Fsp3) is 0.269. The van der Waals surface area contributed by atoms with Crippen LogP contribution in [0, 0.1) is 6.92 Å². The van der Waals surface area contributed by atoms with Crippen molar-refractivity contribution in [2.75, 3.05) is 18.9 Å². The Bertz CT molecular complexity index is 1280. The predicted octanol–water partition coefficient (Wildman–Crippen LogP) is 5.59. The second-order valence-electron chi connectivity index (χ2n) is 8.41. The minimum Gasteiger partial charge on any atom is -0.508 e. The van der Waals surface area contributed by atoms with E-state index in [1.165, 1.54) is 5.56 Å². The van der Waals surface area contributed by atoms with Crippen molar-refractivity contribution in [2.24, 2.45) is 0 Å². The smallest absolute Gasteiger partial charge is 0.240 e. The highest BCUT2D eigenvalue weighted by atomic mass is 79.9. The van der Waals surface area contributed by atoms with Gasteiger partial charge in [0.25, 0.3) is 0 Å². The van der Waals surface area contributed by atoms with Gasteiger partial charge in [0.05, 0.1) is 12.1 Å². The van der Waals surface area contributed by atoms with Crippen LogP contribution in [-0.2, 0) is 6.54 Å². The maximum Gasteiger partial charge on any atom is 0.240 e. The van der Waals surface area contributed by atoms with Crippen molar-refractivity contribution >= 4 is 44.5 Å². The minimum atomic E-state index is 0.142. The van der Waals surface area contributed by atoms with Crippen molar-refractivity contribution in [2.45, 2.75) is 33.4 Å². The van der Waals surface area contributed by atoms with E-state index in [2.05, 4.69) is 62.0 Å². The molecule has 7 nitrogen and oxygen atoms in total. The normalized spacial score (nSPS) is 11.1. The number of anilines is 1. The van der Waals surface area contributed by atoms with Crippen LogP contribution < -0.4 is 5.73 Å². The van der Waals surface area contributed by atoms with E-state index >= 15 is 0 Å². The lowest BCUT2D eigenvalue weighted by Gasteiger charge is -2.25. The number of phenols is 1. The van der Waals surface area contributed by atoms with Gasteiger partial charge in [-0.15, -0.1) is 10.2 Å². The monoisotopic (exact) mass is 557 g/mol. The summed E-state index contributed by atoms with van der Waals surface area (Å²) in [4.78, 5) is 6.42. The van der Waals surface area contributed by atoms with Gasteiger partial charge in [-0.1, -0.05) is 39.7 Å². The van der Waals surface area contributed by atoms with E-state index in [0.29, 0.717) is 22.1 Å². The first-order valence-corrected chi connectivity index (χ1v) is 12.3. The fourth-order valence-corrected chi connectivity index (χ4v) is 4.08. The summed E-state index contributed by atoms with van der Waals surface area (Å²) in [6.45, 7) is 8.05. The second-order valence-corrected chi connectivity index (χ2v) is 9.73. The van der Waals surface area contributed by atoms with Gasteiger partial charge in [0.2, 0.25) is 5.95 Å². The maximum atomic E-state index is 9.60. The Morgan fingerprint density at radius 1 is 1.06 bits per heavy atom. The van der Waals surface area contributed by atoms with Crippen LogP contribution >= 0.6 is 27.5 Å². The highest BCUT2D eigenvalue weighted by Gasteiger charge is 2.11. The molecule has 0 spiro atoms. The van der Waals surface area contributed by atoms with E-state index in [1.54, 1.807) is 18.2 Å². The molecule has 0 aliphatic rings. The number of aliphatic hydroxyl groups excluding tert-OH is 1. The second kappa shape index (κ2) is 12.3. The molecule has 0 aliphatic carbocycles. The molecule has 0 saturated heterocycles. The highest BCUT2D eigenvalue weighted by Crippen LogP contribution is 2.33. The first kappa shape index (κ1) is 26.8. The number of nitrogen functional groups attached to an aromatic ring is 1. The van der Waals surface area contributed by atoms with E-state index < -0.39 is 0 Å². The summed E-state index contributed by atoms with van der Waals surface area (Å²) < 4.78 is 1.10. The van der Waals surface area contributed by atoms with Crippen LogP contribution in [0.25, 0.3) is 22.2 Å². The number of aromatic nitrogens is 3. The van der Waals surface area contributed by atoms with Gasteiger partial charge in [-0.2, -0.15) is 0 Å². The van der Waals surface area contributed by atoms with E-state index in [4.69, 9.17) is 22.4 Å². The molecule has 3 aromatic carbocycles. The zero-order valence-electron chi connectivity index (χ0n) is 19.9. The Kier molecular flexibility index (Phi) is 9.40. The molecule has 4 N–H and O–H groups in total. The molecule has 0 radical (unpaired) electrons. The molecule has 4 aromatic rings. The summed E-state index contributed by atoms with van der Waals surface area (Å²) in [7, 11) is 0. The lowest BCUT2D eigenvalue weighted by molar-refractivity contribution is 0.159. The molecule has 0 atom stereocenters. The number of benzene rings is 3. The van der Waals surface area contributed by atoms with Crippen LogP contribution in [0.1, 0.15) is 25.0 Å². The quantitative estimate of drug-likeness (QED) is 0.283. The molecule has 184 valence electrons. The number of hydrogen-bond donors (Lipinski definition) is 3. The molecule has 0 saturated carbocycles. The van der Waals surface area contributed by atoms with Crippen molar-refractivity contribution in [1.82, 2.24) is 20.1 Å². The number of aryl methyl sites for hydroxylation is 1. The lowest BCUT2D eigenvalue weighted by Crippen LogP contribution is -2.32. The molecule has 0 fully saturated rings. The Morgan fingerprint density at radius 2 is 1.77 bits per heavy atom. The minimum absolute atomic E-state index is 0.142. The van der Waals surface area contributed by atoms with Crippen molar-refractivity contribution < 1.29 is 10.2 Å². The topological polar surface area (TPSA) is 108 Å². The summed E-state index contributed by atoms with van der Waals surface area (Å²) >= 11 is 9.59. The number of nitrogens with two attached hydrogens (primary N) is 1. The first-order chi connectivity index (χ1) is 16.7. The summed E-state index contributed by atoms with van der Waals surface area (Å²) in [6.07, 6.45) is 0. The van der Waals surface area contributed by atoms with E-state index in [0.717, 1.165) is 34.3 Å². The van der Waals surface area contributed by atoms with Gasteiger partial charge >= 0.3 is 0 Å². The number of halogens is 2. The SMILES string of the molecule is CC(C)N(CCO)Cc1ccc(Br)cc1.Cc1cc(-c2cc(O)ccc2Cl)cc2nnc(N)nc12. The van der Waals surface area contributed by atoms with Crippen molar-refractivity contribution in [1.29, 1.82) is 0 Å². The van der Waals surface area contributed by atoms with Crippen LogP contribution in [0.5, 0.6) is 5.75 Å². The maximum absolute atomic E-state index is 9.60. The number of aliphatic hydroxyl groups is 1. The fourth-order valence-electron chi connectivity index (χ4n) is 3.59. The zero-order chi connectivity index (χ0) is 25.5. The third kappa shape index (κ3) is 7.35. The van der Waals surface area contributed by atoms with Gasteiger partial charge in [0.1, 0.15) is 11.3 Å². The molecule has 0 unspecified atom stereocenters. The molecule has 4 rings (SSSR count). The highest BCUT2D eigenvalue weighted by molar-refractivity contribution is 9.10. The third-order valence-electron chi connectivity index (χ3n) is 5.44. The Hall–Kier alpha value is -2.78. The van der Waals surface area contributed by atoms with E-state index in [1.807, 2.05) is 31.2 Å². The van der Waals surface area contributed by atoms with Crippen LogP contribution in [0.15, 0.2) is 59.1 Å². The number of hydrogen-bond acceptors (Lipinski definition) is 7. The van der Waals surface area contributed by atoms with Crippen LogP contribution in [-0.4, -0.2) is 49.5 Å². The number of rotatable bonds is 6. The van der Waals surface area contributed by atoms with E-state index in [9.17, 15) is 5.11 Å². The Labute approximate surface area is 218 Å². The standard InChI is InChI=1S/C14H11ClN4O.C12H18BrNO/c1-7-4-8(10-6-9(20)2-3-11(10)15)5-12-13(7)17-14(16)19-18-12;1-10(2)14(7-8-15)9-11-3-5-12(13)6-4-11/h2-6,20H,1H3,(H2,16,17,19);3-6,10,15H,7-9H2,1-2H3. The van der Waals surface area contributed by atoms with Gasteiger partial charge in [-0.25, -0.2) is 4.98 Å². The molecule has 0 bridgehead atoms. The third-order valence-corrected chi connectivity index (χ3v) is 6.30. The Morgan fingerprint density at radius 3 is 2.43 bits per heavy atom. The number of fused-ring (bicyclic) bond motifs is 1. The number of nitrogens with zero attached hydrogens (tertiary/aromatic N) is 4. The molecular weight excluding hydrogens is 530 g/mol. The number of phenolic OH excluding ortho intramolecular Hbond substituents is 1. The average Bonchev–Trinajstić information content (AvgIpc) is 2.82. The molecule has 1 heterocycles. The van der Waals surface area contributed by atoms with Crippen LogP contribution in [0.2, 0.25) is 5.02 Å². The molecular formula is C26H29BrClN5O2. The zero-order valence-corrected chi connectivity index (χ0v) is 22.3. The molecule has 35 heavy (non-hydrogen) atoms. The Balaban J connectivity index is 0.000000205. The van der Waals surface area contributed by atoms with Gasteiger partial charge in [0, 0.05) is 34.2 Å². The van der Waals surface area contributed by atoms with Crippen LogP contribution in [0.4, 0.5) is 5.95 Å². The first-order valence-electron chi connectivity index (χ1n) is 11.2. The van der Waals surface area contributed by atoms with Gasteiger partial charge in [-0.3, -0.25) is 4.90 Å². The van der Waals surface area contributed by atoms with Crippen molar-refractivity contribution in [3.63, 3.8) is 0 Å². The van der Waals surface area contributed by atoms with E-state index in [-0.39, 0.29) is 18.3 Å². The lowest BCUT2D eigenvalue weighted by atomic mass is 10.0. The van der Waals surface area contributed by atoms with Crippen molar-refractivity contribution in [3.8, 4) is 16.9 Å².